The van der Waals surface area contributed by atoms with Gasteiger partial charge in [-0.1, -0.05) is 19.3 Å². The first-order chi connectivity index (χ1) is 10.1. The number of hydrogen-bond acceptors (Lipinski definition) is 2. The number of nitrogens with one attached hydrogen (secondary N) is 1. The first kappa shape index (κ1) is 15.3. The number of nitrogens with zero attached hydrogens (tertiary/aromatic N) is 1. The summed E-state index contributed by atoms with van der Waals surface area (Å²) in [6.07, 6.45) is 7.70. The zero-order valence-electron chi connectivity index (χ0n) is 12.7. The summed E-state index contributed by atoms with van der Waals surface area (Å²) in [5, 5.41) is 3.81. The normalized spacial score (nSPS) is 22.3. The van der Waals surface area contributed by atoms with E-state index in [0.717, 1.165) is 31.6 Å². The van der Waals surface area contributed by atoms with E-state index < -0.39 is 0 Å². The summed E-state index contributed by atoms with van der Waals surface area (Å²) in [6, 6.07) is 3.60. The van der Waals surface area contributed by atoms with Crippen LogP contribution in [-0.2, 0) is 0 Å². The smallest absolute Gasteiger partial charge is 0.137 e. The Balaban J connectivity index is 1.88. The highest BCUT2D eigenvalue weighted by atomic mass is 79.9. The molecule has 1 aromatic carbocycles. The number of halogens is 2. The Morgan fingerprint density at radius 2 is 1.95 bits per heavy atom. The van der Waals surface area contributed by atoms with E-state index in [9.17, 15) is 4.39 Å². The van der Waals surface area contributed by atoms with Crippen LogP contribution in [0.2, 0.25) is 0 Å². The minimum absolute atomic E-state index is 0.170. The second kappa shape index (κ2) is 6.25. The average molecular weight is 355 g/mol. The highest BCUT2D eigenvalue weighted by molar-refractivity contribution is 9.10. The van der Waals surface area contributed by atoms with Crippen molar-refractivity contribution in [2.75, 3.05) is 24.5 Å². The first-order valence-electron chi connectivity index (χ1n) is 8.05. The number of benzene rings is 1. The van der Waals surface area contributed by atoms with Crippen LogP contribution in [0, 0.1) is 12.7 Å². The molecule has 3 rings (SSSR count). The topological polar surface area (TPSA) is 15.3 Å². The maximum atomic E-state index is 13.7. The van der Waals surface area contributed by atoms with Crippen molar-refractivity contribution in [2.45, 2.75) is 51.0 Å². The molecule has 1 saturated carbocycles. The van der Waals surface area contributed by atoms with E-state index in [-0.39, 0.29) is 11.4 Å². The lowest BCUT2D eigenvalue weighted by Gasteiger charge is -2.41. The summed E-state index contributed by atoms with van der Waals surface area (Å²) in [5.74, 6) is -0.170. The fourth-order valence-corrected chi connectivity index (χ4v) is 4.20. The SMILES string of the molecule is Cc1cc(F)c(Br)cc1N1CCCNC2(CCCCC2)C1. The molecule has 0 aromatic heterocycles. The molecule has 1 N–H and O–H groups in total. The van der Waals surface area contributed by atoms with Crippen LogP contribution in [0.3, 0.4) is 0 Å². The molecule has 0 bridgehead atoms. The van der Waals surface area contributed by atoms with Crippen molar-refractivity contribution in [1.82, 2.24) is 5.32 Å². The Hall–Kier alpha value is -0.610. The van der Waals surface area contributed by atoms with Crippen LogP contribution >= 0.6 is 15.9 Å². The molecule has 2 aliphatic rings. The van der Waals surface area contributed by atoms with E-state index in [1.54, 1.807) is 6.07 Å². The van der Waals surface area contributed by atoms with Crippen LogP contribution in [0.4, 0.5) is 10.1 Å². The fraction of sp³-hybridized carbons (Fsp3) is 0.647. The van der Waals surface area contributed by atoms with Crippen molar-refractivity contribution in [2.24, 2.45) is 0 Å². The van der Waals surface area contributed by atoms with Gasteiger partial charge in [-0.3, -0.25) is 0 Å². The third kappa shape index (κ3) is 3.26. The molecule has 1 saturated heterocycles. The van der Waals surface area contributed by atoms with E-state index in [1.165, 1.54) is 37.8 Å². The van der Waals surface area contributed by atoms with Gasteiger partial charge in [0, 0.05) is 24.3 Å². The zero-order chi connectivity index (χ0) is 14.9. The minimum atomic E-state index is -0.170. The molecular formula is C17H24BrFN2. The summed E-state index contributed by atoms with van der Waals surface area (Å²) in [5.41, 5.74) is 2.47. The molecule has 0 amide bonds. The fourth-order valence-electron chi connectivity index (χ4n) is 3.87. The molecule has 4 heteroatoms. The van der Waals surface area contributed by atoms with Gasteiger partial charge in [-0.05, 0) is 66.4 Å². The van der Waals surface area contributed by atoms with Gasteiger partial charge in [0.1, 0.15) is 5.82 Å². The average Bonchev–Trinajstić information content (AvgIpc) is 2.66. The predicted molar refractivity (Wildman–Crippen MR) is 89.5 cm³/mol. The second-order valence-electron chi connectivity index (χ2n) is 6.60. The first-order valence-corrected chi connectivity index (χ1v) is 8.85. The monoisotopic (exact) mass is 354 g/mol. The number of anilines is 1. The van der Waals surface area contributed by atoms with Crippen molar-refractivity contribution < 1.29 is 4.39 Å². The summed E-state index contributed by atoms with van der Waals surface area (Å²) >= 11 is 3.34. The van der Waals surface area contributed by atoms with Crippen LogP contribution < -0.4 is 10.2 Å². The molecule has 1 aliphatic carbocycles. The van der Waals surface area contributed by atoms with E-state index in [1.807, 2.05) is 13.0 Å². The van der Waals surface area contributed by atoms with Crippen molar-refractivity contribution in [1.29, 1.82) is 0 Å². The number of hydrogen-bond donors (Lipinski definition) is 1. The second-order valence-corrected chi connectivity index (χ2v) is 7.45. The third-order valence-corrected chi connectivity index (χ3v) is 5.60. The van der Waals surface area contributed by atoms with Crippen LogP contribution in [0.1, 0.15) is 44.1 Å². The van der Waals surface area contributed by atoms with Gasteiger partial charge in [-0.2, -0.15) is 0 Å². The van der Waals surface area contributed by atoms with Gasteiger partial charge in [0.25, 0.3) is 0 Å². The van der Waals surface area contributed by atoms with E-state index in [0.29, 0.717) is 4.47 Å². The lowest BCUT2D eigenvalue weighted by Crippen LogP contribution is -2.52. The highest BCUT2D eigenvalue weighted by Crippen LogP contribution is 2.34. The third-order valence-electron chi connectivity index (χ3n) is 4.99. The van der Waals surface area contributed by atoms with E-state index >= 15 is 0 Å². The van der Waals surface area contributed by atoms with Crippen molar-refractivity contribution >= 4 is 21.6 Å². The summed E-state index contributed by atoms with van der Waals surface area (Å²) in [4.78, 5) is 2.46. The van der Waals surface area contributed by atoms with Crippen LogP contribution in [0.25, 0.3) is 0 Å². The molecule has 2 nitrogen and oxygen atoms in total. The Labute approximate surface area is 135 Å². The molecular weight excluding hydrogens is 331 g/mol. The van der Waals surface area contributed by atoms with Gasteiger partial charge in [0.15, 0.2) is 0 Å². The minimum Gasteiger partial charge on any atom is -0.369 e. The molecule has 0 unspecified atom stereocenters. The van der Waals surface area contributed by atoms with E-state index in [4.69, 9.17) is 0 Å². The molecule has 1 aromatic rings. The molecule has 21 heavy (non-hydrogen) atoms. The summed E-state index contributed by atoms with van der Waals surface area (Å²) < 4.78 is 14.2. The zero-order valence-corrected chi connectivity index (χ0v) is 14.3. The van der Waals surface area contributed by atoms with Gasteiger partial charge in [0.05, 0.1) is 4.47 Å². The molecule has 1 aliphatic heterocycles. The largest absolute Gasteiger partial charge is 0.369 e. The Morgan fingerprint density at radius 3 is 2.71 bits per heavy atom. The van der Waals surface area contributed by atoms with Gasteiger partial charge >= 0.3 is 0 Å². The number of aryl methyl sites for hydroxylation is 1. The maximum absolute atomic E-state index is 13.7. The molecule has 2 fully saturated rings. The van der Waals surface area contributed by atoms with Gasteiger partial charge < -0.3 is 10.2 Å². The molecule has 0 atom stereocenters. The van der Waals surface area contributed by atoms with Crippen molar-refractivity contribution in [3.05, 3.63) is 28.0 Å². The highest BCUT2D eigenvalue weighted by Gasteiger charge is 2.35. The van der Waals surface area contributed by atoms with Crippen molar-refractivity contribution in [3.63, 3.8) is 0 Å². The lowest BCUT2D eigenvalue weighted by atomic mass is 9.81. The predicted octanol–water partition coefficient (Wildman–Crippen LogP) is 4.40. The maximum Gasteiger partial charge on any atom is 0.137 e. The standard InChI is InChI=1S/C17H24BrFN2/c1-13-10-15(19)14(18)11-16(13)21-9-5-8-20-17(12-21)6-3-2-4-7-17/h10-11,20H,2-9,12H2,1H3. The van der Waals surface area contributed by atoms with E-state index in [2.05, 4.69) is 26.1 Å². The van der Waals surface area contributed by atoms with Crippen LogP contribution in [0.5, 0.6) is 0 Å². The molecule has 0 radical (unpaired) electrons. The summed E-state index contributed by atoms with van der Waals surface area (Å²) in [7, 11) is 0. The lowest BCUT2D eigenvalue weighted by molar-refractivity contribution is 0.246. The Bertz CT molecular complexity index is 512. The van der Waals surface area contributed by atoms with Gasteiger partial charge in [-0.25, -0.2) is 4.39 Å². The van der Waals surface area contributed by atoms with Crippen LogP contribution in [0.15, 0.2) is 16.6 Å². The molecule has 1 heterocycles. The Morgan fingerprint density at radius 1 is 1.19 bits per heavy atom. The van der Waals surface area contributed by atoms with Gasteiger partial charge in [0.2, 0.25) is 0 Å². The quantitative estimate of drug-likeness (QED) is 0.803. The Kier molecular flexibility index (Phi) is 4.55. The van der Waals surface area contributed by atoms with Crippen LogP contribution in [-0.4, -0.2) is 25.2 Å². The molecule has 1 spiro atoms. The molecule has 116 valence electrons. The van der Waals surface area contributed by atoms with Gasteiger partial charge in [-0.15, -0.1) is 0 Å². The van der Waals surface area contributed by atoms with Crippen molar-refractivity contribution in [3.8, 4) is 0 Å². The number of rotatable bonds is 1. The summed E-state index contributed by atoms with van der Waals surface area (Å²) in [6.45, 7) is 5.20.